The molecule has 6 nitrogen and oxygen atoms in total. The Morgan fingerprint density at radius 3 is 2.66 bits per heavy atom. The summed E-state index contributed by atoms with van der Waals surface area (Å²) in [4.78, 5) is 17.1. The first-order valence-electron chi connectivity index (χ1n) is 10.0. The second-order valence-electron chi connectivity index (χ2n) is 7.65. The molecule has 0 atom stereocenters. The number of ether oxygens (including phenoxy) is 2. The number of nitriles is 1. The second kappa shape index (κ2) is 9.42. The largest absolute Gasteiger partial charge is 0.495 e. The standard InChI is InChI=1S/C23H27N3O3/c1-15(2)12-20-17-9-5-4-8-16(17)18(13-24)23(26-20)29-14-22(27)25-19-10-6-7-11-21(19)28-3/h6-7,10-11,15H,4-5,8-9,12,14H2,1-3H3,(H,25,27). The minimum absolute atomic E-state index is 0.223. The maximum absolute atomic E-state index is 12.4. The van der Waals surface area contributed by atoms with Gasteiger partial charge >= 0.3 is 0 Å². The summed E-state index contributed by atoms with van der Waals surface area (Å²) in [7, 11) is 1.55. The third kappa shape index (κ3) is 4.86. The Morgan fingerprint density at radius 2 is 1.97 bits per heavy atom. The van der Waals surface area contributed by atoms with E-state index >= 15 is 0 Å². The number of fused-ring (bicyclic) bond motifs is 1. The summed E-state index contributed by atoms with van der Waals surface area (Å²) in [5, 5.41) is 12.5. The van der Waals surface area contributed by atoms with Gasteiger partial charge in [-0.3, -0.25) is 4.79 Å². The second-order valence-corrected chi connectivity index (χ2v) is 7.65. The van der Waals surface area contributed by atoms with Crippen molar-refractivity contribution in [3.05, 3.63) is 46.6 Å². The van der Waals surface area contributed by atoms with Crippen LogP contribution in [-0.4, -0.2) is 24.6 Å². The lowest BCUT2D eigenvalue weighted by molar-refractivity contribution is -0.118. The van der Waals surface area contributed by atoms with Gasteiger partial charge in [0.15, 0.2) is 6.61 Å². The molecule has 0 radical (unpaired) electrons. The monoisotopic (exact) mass is 393 g/mol. The fourth-order valence-corrected chi connectivity index (χ4v) is 3.72. The van der Waals surface area contributed by atoms with Gasteiger partial charge in [-0.1, -0.05) is 26.0 Å². The van der Waals surface area contributed by atoms with Gasteiger partial charge in [0.05, 0.1) is 12.8 Å². The molecule has 6 heteroatoms. The van der Waals surface area contributed by atoms with E-state index in [0.29, 0.717) is 22.9 Å². The zero-order valence-electron chi connectivity index (χ0n) is 17.2. The van der Waals surface area contributed by atoms with Crippen LogP contribution in [0, 0.1) is 17.2 Å². The number of hydrogen-bond acceptors (Lipinski definition) is 5. The first-order chi connectivity index (χ1) is 14.0. The van der Waals surface area contributed by atoms with E-state index in [-0.39, 0.29) is 18.4 Å². The van der Waals surface area contributed by atoms with Crippen molar-refractivity contribution >= 4 is 11.6 Å². The fourth-order valence-electron chi connectivity index (χ4n) is 3.72. The number of nitrogens with one attached hydrogen (secondary N) is 1. The summed E-state index contributed by atoms with van der Waals surface area (Å²) in [6.45, 7) is 4.08. The number of hydrogen-bond donors (Lipinski definition) is 1. The van der Waals surface area contributed by atoms with E-state index in [0.717, 1.165) is 43.4 Å². The molecule has 3 rings (SSSR count). The van der Waals surface area contributed by atoms with Gasteiger partial charge in [-0.2, -0.15) is 5.26 Å². The van der Waals surface area contributed by atoms with Gasteiger partial charge in [0.25, 0.3) is 5.91 Å². The highest BCUT2D eigenvalue weighted by atomic mass is 16.5. The summed E-state index contributed by atoms with van der Waals surface area (Å²) in [5.74, 6) is 0.954. The molecular formula is C23H27N3O3. The molecule has 1 aromatic heterocycles. The molecule has 1 amide bonds. The summed E-state index contributed by atoms with van der Waals surface area (Å²) in [6.07, 6.45) is 4.81. The van der Waals surface area contributed by atoms with Gasteiger partial charge < -0.3 is 14.8 Å². The smallest absolute Gasteiger partial charge is 0.262 e. The van der Waals surface area contributed by atoms with Crippen molar-refractivity contribution in [1.82, 2.24) is 4.98 Å². The van der Waals surface area contributed by atoms with Crippen LogP contribution in [0.25, 0.3) is 0 Å². The molecule has 0 saturated carbocycles. The summed E-state index contributed by atoms with van der Waals surface area (Å²) in [5.41, 5.74) is 4.28. The van der Waals surface area contributed by atoms with E-state index in [4.69, 9.17) is 9.47 Å². The number of benzene rings is 1. The quantitative estimate of drug-likeness (QED) is 0.767. The molecule has 0 spiro atoms. The Morgan fingerprint density at radius 1 is 1.24 bits per heavy atom. The summed E-state index contributed by atoms with van der Waals surface area (Å²) in [6, 6.07) is 9.43. The number of anilines is 1. The Hall–Kier alpha value is -3.07. The molecular weight excluding hydrogens is 366 g/mol. The van der Waals surface area contributed by atoms with E-state index in [9.17, 15) is 10.1 Å². The number of amides is 1. The number of rotatable bonds is 7. The van der Waals surface area contributed by atoms with E-state index in [1.165, 1.54) is 5.56 Å². The van der Waals surface area contributed by atoms with Crippen molar-refractivity contribution in [1.29, 1.82) is 5.26 Å². The first kappa shape index (κ1) is 20.7. The molecule has 0 fully saturated rings. The highest BCUT2D eigenvalue weighted by Gasteiger charge is 2.23. The molecule has 1 heterocycles. The summed E-state index contributed by atoms with van der Waals surface area (Å²) < 4.78 is 11.0. The van der Waals surface area contributed by atoms with Gasteiger partial charge in [-0.15, -0.1) is 0 Å². The van der Waals surface area contributed by atoms with Gasteiger partial charge in [0.2, 0.25) is 5.88 Å². The Balaban J connectivity index is 1.81. The fraction of sp³-hybridized carbons (Fsp3) is 0.435. The zero-order chi connectivity index (χ0) is 20.8. The Kier molecular flexibility index (Phi) is 6.71. The number of pyridine rings is 1. The molecule has 1 aliphatic rings. The maximum atomic E-state index is 12.4. The molecule has 29 heavy (non-hydrogen) atoms. The van der Waals surface area contributed by atoms with Crippen molar-refractivity contribution in [2.75, 3.05) is 19.0 Å². The topological polar surface area (TPSA) is 84.2 Å². The molecule has 1 N–H and O–H groups in total. The van der Waals surface area contributed by atoms with Gasteiger partial charge in [-0.05, 0) is 61.3 Å². The third-order valence-corrected chi connectivity index (χ3v) is 5.00. The first-order valence-corrected chi connectivity index (χ1v) is 10.0. The highest BCUT2D eigenvalue weighted by Crippen LogP contribution is 2.32. The van der Waals surface area contributed by atoms with E-state index in [2.05, 4.69) is 30.2 Å². The average molecular weight is 393 g/mol. The van der Waals surface area contributed by atoms with Crippen LogP contribution in [0.4, 0.5) is 5.69 Å². The van der Waals surface area contributed by atoms with E-state index in [1.807, 2.05) is 12.1 Å². The van der Waals surface area contributed by atoms with Crippen molar-refractivity contribution in [3.63, 3.8) is 0 Å². The molecule has 0 unspecified atom stereocenters. The lowest BCUT2D eigenvalue weighted by Gasteiger charge is -2.22. The highest BCUT2D eigenvalue weighted by molar-refractivity contribution is 5.93. The molecule has 0 saturated heterocycles. The Bertz CT molecular complexity index is 932. The lowest BCUT2D eigenvalue weighted by Crippen LogP contribution is -2.22. The molecule has 152 valence electrons. The minimum Gasteiger partial charge on any atom is -0.495 e. The van der Waals surface area contributed by atoms with Crippen molar-refractivity contribution in [3.8, 4) is 17.7 Å². The van der Waals surface area contributed by atoms with Crippen molar-refractivity contribution < 1.29 is 14.3 Å². The average Bonchev–Trinajstić information content (AvgIpc) is 2.72. The molecule has 2 aromatic rings. The maximum Gasteiger partial charge on any atom is 0.262 e. The van der Waals surface area contributed by atoms with Crippen LogP contribution >= 0.6 is 0 Å². The van der Waals surface area contributed by atoms with Crippen molar-refractivity contribution in [2.24, 2.45) is 5.92 Å². The Labute approximate surface area is 171 Å². The van der Waals surface area contributed by atoms with Crippen LogP contribution in [-0.2, 0) is 24.1 Å². The number of carbonyl (C=O) groups excluding carboxylic acids is 1. The van der Waals surface area contributed by atoms with E-state index in [1.54, 1.807) is 19.2 Å². The number of methoxy groups -OCH3 is 1. The normalized spacial score (nSPS) is 12.8. The molecule has 0 aliphatic heterocycles. The zero-order valence-corrected chi connectivity index (χ0v) is 17.2. The number of para-hydroxylation sites is 2. The molecule has 0 bridgehead atoms. The minimum atomic E-state index is -0.330. The van der Waals surface area contributed by atoms with Gasteiger partial charge in [0.1, 0.15) is 17.4 Å². The van der Waals surface area contributed by atoms with Crippen LogP contribution in [0.15, 0.2) is 24.3 Å². The van der Waals surface area contributed by atoms with Crippen LogP contribution in [0.2, 0.25) is 0 Å². The van der Waals surface area contributed by atoms with Crippen LogP contribution < -0.4 is 14.8 Å². The number of carbonyl (C=O) groups is 1. The molecule has 1 aliphatic carbocycles. The predicted molar refractivity (Wildman–Crippen MR) is 111 cm³/mol. The summed E-state index contributed by atoms with van der Waals surface area (Å²) >= 11 is 0. The van der Waals surface area contributed by atoms with Crippen LogP contribution in [0.1, 0.15) is 49.1 Å². The van der Waals surface area contributed by atoms with E-state index < -0.39 is 0 Å². The van der Waals surface area contributed by atoms with Crippen LogP contribution in [0.3, 0.4) is 0 Å². The lowest BCUT2D eigenvalue weighted by atomic mass is 9.86. The van der Waals surface area contributed by atoms with Crippen molar-refractivity contribution in [2.45, 2.75) is 46.0 Å². The SMILES string of the molecule is COc1ccccc1NC(=O)COc1nc(CC(C)C)c2c(c1C#N)CCCC2. The van der Waals surface area contributed by atoms with Crippen LogP contribution in [0.5, 0.6) is 11.6 Å². The van der Waals surface area contributed by atoms with Gasteiger partial charge in [-0.25, -0.2) is 4.98 Å². The number of nitrogens with zero attached hydrogens (tertiary/aromatic N) is 2. The third-order valence-electron chi connectivity index (χ3n) is 5.00. The van der Waals surface area contributed by atoms with Gasteiger partial charge in [0, 0.05) is 5.69 Å². The number of aromatic nitrogens is 1. The molecule has 1 aromatic carbocycles. The predicted octanol–water partition coefficient (Wildman–Crippen LogP) is 4.06.